The number of carbonyl (C=O) groups is 4. The molecule has 0 aromatic heterocycles. The Morgan fingerprint density at radius 2 is 1.41 bits per heavy atom. The van der Waals surface area contributed by atoms with Gasteiger partial charge in [0.1, 0.15) is 6.61 Å². The molecule has 3 aliphatic rings. The fraction of sp³-hybridized carbons (Fsp3) is 0.360. The number of nitrogens with zero attached hydrogens (tertiary/aromatic N) is 3. The Morgan fingerprint density at radius 1 is 0.824 bits per heavy atom. The highest BCUT2D eigenvalue weighted by molar-refractivity contribution is 6.21. The fourth-order valence-electron chi connectivity index (χ4n) is 4.51. The van der Waals surface area contributed by atoms with Crippen LogP contribution in [0.5, 0.6) is 11.5 Å². The van der Waals surface area contributed by atoms with Crippen LogP contribution in [0.4, 0.5) is 0 Å². The maximum Gasteiger partial charge on any atom is 0.267 e. The van der Waals surface area contributed by atoms with Crippen molar-refractivity contribution in [2.24, 2.45) is 0 Å². The van der Waals surface area contributed by atoms with E-state index in [1.54, 1.807) is 46.2 Å². The molecule has 9 heteroatoms. The third kappa shape index (κ3) is 4.09. The summed E-state index contributed by atoms with van der Waals surface area (Å²) < 4.78 is 11.4. The first-order valence-electron chi connectivity index (χ1n) is 11.4. The minimum Gasteiger partial charge on any atom is -0.485 e. The lowest BCUT2D eigenvalue weighted by Crippen LogP contribution is -2.55. The predicted molar refractivity (Wildman–Crippen MR) is 121 cm³/mol. The lowest BCUT2D eigenvalue weighted by molar-refractivity contribution is -0.146. The molecular weight excluding hydrogens is 438 g/mol. The van der Waals surface area contributed by atoms with Crippen LogP contribution in [0.3, 0.4) is 0 Å². The summed E-state index contributed by atoms with van der Waals surface area (Å²) >= 11 is 0. The van der Waals surface area contributed by atoms with Crippen LogP contribution >= 0.6 is 0 Å². The minimum absolute atomic E-state index is 0.0464. The number of benzene rings is 2. The monoisotopic (exact) mass is 463 g/mol. The lowest BCUT2D eigenvalue weighted by atomic mass is 10.1. The Balaban J connectivity index is 1.07. The number of fused-ring (bicyclic) bond motifs is 2. The second kappa shape index (κ2) is 9.17. The molecule has 34 heavy (non-hydrogen) atoms. The summed E-state index contributed by atoms with van der Waals surface area (Å²) in [6.45, 7) is 2.07. The van der Waals surface area contributed by atoms with Gasteiger partial charge in [-0.2, -0.15) is 0 Å². The number of amides is 4. The maximum absolute atomic E-state index is 12.9. The van der Waals surface area contributed by atoms with E-state index in [-0.39, 0.29) is 43.2 Å². The van der Waals surface area contributed by atoms with E-state index in [1.165, 1.54) is 4.90 Å². The second-order valence-electron chi connectivity index (χ2n) is 8.48. The quantitative estimate of drug-likeness (QED) is 0.625. The molecule has 176 valence electrons. The van der Waals surface area contributed by atoms with Crippen LogP contribution in [0.25, 0.3) is 0 Å². The highest BCUT2D eigenvalue weighted by Crippen LogP contribution is 2.31. The molecule has 0 spiro atoms. The number of hydrogen-bond donors (Lipinski definition) is 0. The lowest BCUT2D eigenvalue weighted by Gasteiger charge is -2.37. The number of para-hydroxylation sites is 2. The molecule has 0 radical (unpaired) electrons. The Morgan fingerprint density at radius 3 is 2.09 bits per heavy atom. The molecule has 0 unspecified atom stereocenters. The van der Waals surface area contributed by atoms with E-state index in [0.29, 0.717) is 55.2 Å². The van der Waals surface area contributed by atoms with Gasteiger partial charge in [0.25, 0.3) is 17.7 Å². The van der Waals surface area contributed by atoms with E-state index in [2.05, 4.69) is 0 Å². The third-order valence-corrected chi connectivity index (χ3v) is 6.38. The van der Waals surface area contributed by atoms with Crippen molar-refractivity contribution in [1.29, 1.82) is 0 Å². The standard InChI is InChI=1S/C25H25N3O6/c29-22(10-5-11-28-23(30)17-6-1-2-7-18(17)24(28)31)26-12-14-27(15-13-26)25(32)21-16-33-19-8-3-4-9-20(19)34-21/h1-4,6-9,21H,5,10-16H2/t21-/m0/s1. The summed E-state index contributed by atoms with van der Waals surface area (Å²) in [5.74, 6) is 0.373. The van der Waals surface area contributed by atoms with Crippen molar-refractivity contribution in [3.63, 3.8) is 0 Å². The van der Waals surface area contributed by atoms with Crippen LogP contribution in [-0.2, 0) is 9.59 Å². The number of imide groups is 1. The normalized spacial score (nSPS) is 19.3. The summed E-state index contributed by atoms with van der Waals surface area (Å²) in [5, 5.41) is 0. The number of ether oxygens (including phenoxy) is 2. The first-order valence-corrected chi connectivity index (χ1v) is 11.4. The molecule has 1 saturated heterocycles. The van der Waals surface area contributed by atoms with Crippen molar-refractivity contribution in [2.75, 3.05) is 39.3 Å². The van der Waals surface area contributed by atoms with Gasteiger partial charge in [0.15, 0.2) is 11.5 Å². The SMILES string of the molecule is O=C(CCCN1C(=O)c2ccccc2C1=O)N1CCN(C(=O)[C@@H]2COc3ccccc3O2)CC1. The zero-order valence-corrected chi connectivity index (χ0v) is 18.6. The van der Waals surface area contributed by atoms with Gasteiger partial charge in [0, 0.05) is 39.1 Å². The van der Waals surface area contributed by atoms with E-state index in [4.69, 9.17) is 9.47 Å². The number of hydrogen-bond acceptors (Lipinski definition) is 6. The number of rotatable bonds is 5. The molecular formula is C25H25N3O6. The van der Waals surface area contributed by atoms with Crippen LogP contribution in [0.1, 0.15) is 33.6 Å². The Labute approximate surface area is 196 Å². The number of carbonyl (C=O) groups excluding carboxylic acids is 4. The molecule has 0 saturated carbocycles. The summed E-state index contributed by atoms with van der Waals surface area (Å²) in [6.07, 6.45) is -0.0646. The fourth-order valence-corrected chi connectivity index (χ4v) is 4.51. The molecule has 3 aliphatic heterocycles. The zero-order valence-electron chi connectivity index (χ0n) is 18.6. The second-order valence-corrected chi connectivity index (χ2v) is 8.48. The summed E-state index contributed by atoms with van der Waals surface area (Å²) in [6, 6.07) is 14.0. The van der Waals surface area contributed by atoms with Crippen molar-refractivity contribution < 1.29 is 28.7 Å². The Hall–Kier alpha value is -3.88. The van der Waals surface area contributed by atoms with Crippen molar-refractivity contribution >= 4 is 23.6 Å². The molecule has 1 fully saturated rings. The van der Waals surface area contributed by atoms with Gasteiger partial charge in [-0.15, -0.1) is 0 Å². The van der Waals surface area contributed by atoms with Crippen LogP contribution in [0.15, 0.2) is 48.5 Å². The van der Waals surface area contributed by atoms with Crippen LogP contribution in [0.2, 0.25) is 0 Å². The van der Waals surface area contributed by atoms with E-state index in [0.717, 1.165) is 0 Å². The molecule has 3 heterocycles. The summed E-state index contributed by atoms with van der Waals surface area (Å²) in [7, 11) is 0. The van der Waals surface area contributed by atoms with Gasteiger partial charge in [-0.3, -0.25) is 24.1 Å². The van der Waals surface area contributed by atoms with Gasteiger partial charge in [0.05, 0.1) is 11.1 Å². The van der Waals surface area contributed by atoms with Gasteiger partial charge >= 0.3 is 0 Å². The molecule has 1 atom stereocenters. The first kappa shape index (κ1) is 21.9. The minimum atomic E-state index is -0.697. The third-order valence-electron chi connectivity index (χ3n) is 6.38. The maximum atomic E-state index is 12.9. The van der Waals surface area contributed by atoms with Crippen molar-refractivity contribution in [3.05, 3.63) is 59.7 Å². The number of piperazine rings is 1. The average Bonchev–Trinajstić information content (AvgIpc) is 3.13. The van der Waals surface area contributed by atoms with E-state index in [9.17, 15) is 19.2 Å². The van der Waals surface area contributed by atoms with E-state index in [1.807, 2.05) is 12.1 Å². The van der Waals surface area contributed by atoms with Crippen LogP contribution < -0.4 is 9.47 Å². The Bertz CT molecular complexity index is 1110. The Kier molecular flexibility index (Phi) is 5.91. The molecule has 0 bridgehead atoms. The van der Waals surface area contributed by atoms with E-state index < -0.39 is 6.10 Å². The first-order chi connectivity index (χ1) is 16.5. The largest absolute Gasteiger partial charge is 0.485 e. The topological polar surface area (TPSA) is 96.5 Å². The summed E-state index contributed by atoms with van der Waals surface area (Å²) in [4.78, 5) is 55.0. The zero-order chi connectivity index (χ0) is 23.7. The van der Waals surface area contributed by atoms with Crippen molar-refractivity contribution in [3.8, 4) is 11.5 Å². The molecule has 9 nitrogen and oxygen atoms in total. The summed E-state index contributed by atoms with van der Waals surface area (Å²) in [5.41, 5.74) is 0.825. The van der Waals surface area contributed by atoms with Gasteiger partial charge in [-0.05, 0) is 30.7 Å². The van der Waals surface area contributed by atoms with Crippen molar-refractivity contribution in [1.82, 2.24) is 14.7 Å². The highest BCUT2D eigenvalue weighted by Gasteiger charge is 2.35. The smallest absolute Gasteiger partial charge is 0.267 e. The molecule has 2 aromatic carbocycles. The molecule has 0 aliphatic carbocycles. The van der Waals surface area contributed by atoms with E-state index >= 15 is 0 Å². The van der Waals surface area contributed by atoms with Gasteiger partial charge in [0.2, 0.25) is 12.0 Å². The van der Waals surface area contributed by atoms with Crippen molar-refractivity contribution in [2.45, 2.75) is 18.9 Å². The van der Waals surface area contributed by atoms with Gasteiger partial charge < -0.3 is 19.3 Å². The molecule has 5 rings (SSSR count). The van der Waals surface area contributed by atoms with Crippen LogP contribution in [-0.4, -0.2) is 83.8 Å². The molecule has 2 aromatic rings. The van der Waals surface area contributed by atoms with Crippen LogP contribution in [0, 0.1) is 0 Å². The average molecular weight is 463 g/mol. The molecule has 4 amide bonds. The molecule has 0 N–H and O–H groups in total. The van der Waals surface area contributed by atoms with Gasteiger partial charge in [-0.1, -0.05) is 24.3 Å². The highest BCUT2D eigenvalue weighted by atomic mass is 16.6. The van der Waals surface area contributed by atoms with Gasteiger partial charge in [-0.25, -0.2) is 0 Å². The predicted octanol–water partition coefficient (Wildman–Crippen LogP) is 1.57.